The van der Waals surface area contributed by atoms with E-state index in [-0.39, 0.29) is 34.7 Å². The van der Waals surface area contributed by atoms with E-state index in [1.807, 2.05) is 0 Å². The molecule has 0 aliphatic heterocycles. The van der Waals surface area contributed by atoms with Crippen LogP contribution in [0.3, 0.4) is 0 Å². The van der Waals surface area contributed by atoms with Crippen molar-refractivity contribution in [2.24, 2.45) is 17.8 Å². The number of H-pyrrole nitrogens is 1. The molecule has 0 aromatic carbocycles. The Morgan fingerprint density at radius 1 is 1.17 bits per heavy atom. The number of anilines is 1. The Morgan fingerprint density at radius 3 is 2.69 bits per heavy atom. The first-order valence-electron chi connectivity index (χ1n) is 9.53. The maximum atomic E-state index is 14.5. The zero-order valence-corrected chi connectivity index (χ0v) is 16.0. The van der Waals surface area contributed by atoms with Crippen molar-refractivity contribution in [3.8, 4) is 11.4 Å². The molecule has 0 saturated heterocycles. The molecule has 3 aromatic rings. The zero-order chi connectivity index (χ0) is 20.1. The molecule has 29 heavy (non-hydrogen) atoms. The minimum Gasteiger partial charge on any atom is -0.481 e. The molecule has 3 aliphatic rings. The molecule has 3 aliphatic carbocycles. The van der Waals surface area contributed by atoms with Crippen LogP contribution < -0.4 is 5.32 Å². The average molecular weight is 417 g/mol. The van der Waals surface area contributed by atoms with Crippen LogP contribution in [0.4, 0.5) is 10.2 Å². The van der Waals surface area contributed by atoms with Crippen molar-refractivity contribution < 1.29 is 14.3 Å². The summed E-state index contributed by atoms with van der Waals surface area (Å²) in [5, 5.41) is 13.0. The van der Waals surface area contributed by atoms with E-state index in [2.05, 4.69) is 30.2 Å². The van der Waals surface area contributed by atoms with Crippen molar-refractivity contribution in [3.63, 3.8) is 0 Å². The highest BCUT2D eigenvalue weighted by Gasteiger charge is 2.47. The fourth-order valence-electron chi connectivity index (χ4n) is 4.81. The minimum absolute atomic E-state index is 0.00290. The van der Waals surface area contributed by atoms with Crippen molar-refractivity contribution in [2.75, 3.05) is 5.32 Å². The molecular formula is C19H18ClFN6O2. The molecule has 0 unspecified atom stereocenters. The second-order valence-corrected chi connectivity index (χ2v) is 8.08. The summed E-state index contributed by atoms with van der Waals surface area (Å²) in [5.74, 6) is -1.44. The summed E-state index contributed by atoms with van der Waals surface area (Å²) < 4.78 is 14.5. The topological polar surface area (TPSA) is 117 Å². The third kappa shape index (κ3) is 3.09. The number of hydrogen-bond acceptors (Lipinski definition) is 6. The maximum absolute atomic E-state index is 14.5. The highest BCUT2D eigenvalue weighted by Crippen LogP contribution is 2.46. The van der Waals surface area contributed by atoms with Gasteiger partial charge in [-0.25, -0.2) is 24.3 Å². The summed E-state index contributed by atoms with van der Waals surface area (Å²) in [6.45, 7) is 0. The number of carboxylic acid groups (broad SMARTS) is 1. The molecule has 3 fully saturated rings. The van der Waals surface area contributed by atoms with Crippen LogP contribution in [0, 0.1) is 23.6 Å². The lowest BCUT2D eigenvalue weighted by Crippen LogP contribution is -2.51. The first-order chi connectivity index (χ1) is 14.0. The van der Waals surface area contributed by atoms with Crippen molar-refractivity contribution in [1.29, 1.82) is 0 Å². The van der Waals surface area contributed by atoms with Crippen LogP contribution >= 0.6 is 11.6 Å². The second-order valence-electron chi connectivity index (χ2n) is 7.69. The number of carbonyl (C=O) groups is 1. The van der Waals surface area contributed by atoms with Crippen LogP contribution in [-0.2, 0) is 4.79 Å². The summed E-state index contributed by atoms with van der Waals surface area (Å²) in [5.41, 5.74) is 1.54. The van der Waals surface area contributed by atoms with Crippen molar-refractivity contribution in [3.05, 3.63) is 29.6 Å². The molecule has 3 aromatic heterocycles. The molecule has 3 heterocycles. The number of carboxylic acids is 1. The third-order valence-electron chi connectivity index (χ3n) is 6.14. The number of nitrogens with one attached hydrogen (secondary N) is 2. The van der Waals surface area contributed by atoms with Gasteiger partial charge in [0.1, 0.15) is 10.7 Å². The van der Waals surface area contributed by atoms with Crippen LogP contribution in [-0.4, -0.2) is 42.0 Å². The molecule has 2 atom stereocenters. The number of nitrogens with zero attached hydrogens (tertiary/aromatic N) is 4. The predicted octanol–water partition coefficient (Wildman–Crippen LogP) is 3.51. The van der Waals surface area contributed by atoms with Gasteiger partial charge in [-0.15, -0.1) is 0 Å². The van der Waals surface area contributed by atoms with Gasteiger partial charge in [0.2, 0.25) is 0 Å². The molecule has 3 saturated carbocycles. The van der Waals surface area contributed by atoms with Gasteiger partial charge in [0, 0.05) is 12.2 Å². The molecule has 2 bridgehead atoms. The Bertz CT molecular complexity index is 1100. The third-order valence-corrected chi connectivity index (χ3v) is 6.33. The quantitative estimate of drug-likeness (QED) is 0.595. The smallest absolute Gasteiger partial charge is 0.308 e. The summed E-state index contributed by atoms with van der Waals surface area (Å²) >= 11 is 5.95. The van der Waals surface area contributed by atoms with Crippen molar-refractivity contribution in [1.82, 2.24) is 24.9 Å². The fourth-order valence-corrected chi connectivity index (χ4v) is 4.94. The lowest BCUT2D eigenvalue weighted by Gasteiger charge is -2.47. The highest BCUT2D eigenvalue weighted by atomic mass is 35.5. The van der Waals surface area contributed by atoms with E-state index in [0.717, 1.165) is 31.9 Å². The van der Waals surface area contributed by atoms with Crippen LogP contribution in [0.1, 0.15) is 25.7 Å². The number of aromatic amines is 1. The molecule has 8 nitrogen and oxygen atoms in total. The van der Waals surface area contributed by atoms with Gasteiger partial charge in [0.05, 0.1) is 23.9 Å². The largest absolute Gasteiger partial charge is 0.481 e. The Hall–Kier alpha value is -2.81. The summed E-state index contributed by atoms with van der Waals surface area (Å²) in [6, 6.07) is -0.352. The van der Waals surface area contributed by atoms with Gasteiger partial charge in [-0.1, -0.05) is 11.6 Å². The van der Waals surface area contributed by atoms with Crippen LogP contribution in [0.25, 0.3) is 22.6 Å². The van der Waals surface area contributed by atoms with E-state index in [1.165, 1.54) is 6.20 Å². The highest BCUT2D eigenvalue weighted by molar-refractivity contribution is 6.29. The van der Waals surface area contributed by atoms with Crippen LogP contribution in [0.15, 0.2) is 18.6 Å². The van der Waals surface area contributed by atoms with Crippen molar-refractivity contribution >= 4 is 34.6 Å². The normalized spacial score (nSPS) is 26.0. The molecule has 0 spiro atoms. The van der Waals surface area contributed by atoms with E-state index in [9.17, 15) is 14.3 Å². The lowest BCUT2D eigenvalue weighted by atomic mass is 9.61. The van der Waals surface area contributed by atoms with Gasteiger partial charge in [0.15, 0.2) is 23.1 Å². The number of aromatic nitrogens is 5. The lowest BCUT2D eigenvalue weighted by molar-refractivity contribution is -0.148. The van der Waals surface area contributed by atoms with Gasteiger partial charge < -0.3 is 15.4 Å². The van der Waals surface area contributed by atoms with Gasteiger partial charge in [-0.2, -0.15) is 0 Å². The van der Waals surface area contributed by atoms with Crippen LogP contribution in [0.2, 0.25) is 5.15 Å². The number of hydrogen-bond donors (Lipinski definition) is 3. The Labute approximate surface area is 170 Å². The average Bonchev–Trinajstić information content (AvgIpc) is 3.13. The summed E-state index contributed by atoms with van der Waals surface area (Å²) in [4.78, 5) is 31.7. The molecule has 0 amide bonds. The van der Waals surface area contributed by atoms with Gasteiger partial charge in [-0.3, -0.25) is 4.79 Å². The maximum Gasteiger partial charge on any atom is 0.308 e. The number of rotatable bonds is 4. The van der Waals surface area contributed by atoms with Crippen molar-refractivity contribution in [2.45, 2.75) is 31.7 Å². The molecular weight excluding hydrogens is 399 g/mol. The van der Waals surface area contributed by atoms with E-state index >= 15 is 0 Å². The van der Waals surface area contributed by atoms with E-state index < -0.39 is 17.7 Å². The second kappa shape index (κ2) is 6.91. The fraction of sp³-hybridized carbons (Fsp3) is 0.421. The van der Waals surface area contributed by atoms with E-state index in [1.54, 1.807) is 6.20 Å². The standard InChI is InChI=1S/C19H18ClFN6O2/c20-12-7-24-18-15(25-12)10(5-22-18)16-23-6-11(21)17(27-16)26-14-9-3-1-8(2-4-9)13(14)19(28)29/h5-9,13-14H,1-4H2,(H,22,24)(H,28,29)(H,23,26,27)/t8?,9?,13-,14-/m0/s1. The molecule has 10 heteroatoms. The SMILES string of the molecule is O=C(O)[C@H]1C2CCC(CC2)[C@@H]1Nc1nc(-c2c[nH]c3ncc(Cl)nc23)ncc1F. The van der Waals surface area contributed by atoms with Gasteiger partial charge >= 0.3 is 5.97 Å². The molecule has 6 rings (SSSR count). The Balaban J connectivity index is 1.51. The minimum atomic E-state index is -0.840. The molecule has 150 valence electrons. The monoisotopic (exact) mass is 416 g/mol. The summed E-state index contributed by atoms with van der Waals surface area (Å²) in [7, 11) is 0. The van der Waals surface area contributed by atoms with Gasteiger partial charge in [0.25, 0.3) is 0 Å². The van der Waals surface area contributed by atoms with E-state index in [4.69, 9.17) is 11.6 Å². The Kier molecular flexibility index (Phi) is 4.34. The number of halogens is 2. The zero-order valence-electron chi connectivity index (χ0n) is 15.3. The predicted molar refractivity (Wildman–Crippen MR) is 104 cm³/mol. The van der Waals surface area contributed by atoms with Crippen LogP contribution in [0.5, 0.6) is 0 Å². The Morgan fingerprint density at radius 2 is 1.93 bits per heavy atom. The molecule has 3 N–H and O–H groups in total. The summed E-state index contributed by atoms with van der Waals surface area (Å²) in [6.07, 6.45) is 7.86. The number of fused-ring (bicyclic) bond motifs is 4. The first-order valence-corrected chi connectivity index (χ1v) is 9.91. The van der Waals surface area contributed by atoms with E-state index in [0.29, 0.717) is 16.7 Å². The number of aliphatic carboxylic acids is 1. The molecule has 0 radical (unpaired) electrons. The first kappa shape index (κ1) is 18.2. The van der Waals surface area contributed by atoms with Gasteiger partial charge in [-0.05, 0) is 37.5 Å².